The number of aryl methyl sites for hydroxylation is 1. The van der Waals surface area contributed by atoms with Crippen molar-refractivity contribution in [2.75, 3.05) is 0 Å². The van der Waals surface area contributed by atoms with E-state index >= 15 is 0 Å². The lowest BCUT2D eigenvalue weighted by atomic mass is 10.1. The zero-order valence-corrected chi connectivity index (χ0v) is 13.1. The van der Waals surface area contributed by atoms with Crippen molar-refractivity contribution in [1.82, 2.24) is 10.7 Å². The Hall–Kier alpha value is -2.95. The molecule has 0 saturated carbocycles. The summed E-state index contributed by atoms with van der Waals surface area (Å²) in [6.07, 6.45) is 1.52. The fourth-order valence-corrected chi connectivity index (χ4v) is 2.03. The van der Waals surface area contributed by atoms with E-state index in [1.807, 2.05) is 68.4 Å². The smallest absolute Gasteiger partial charge is 0.329 e. The topological polar surface area (TPSA) is 70.6 Å². The molecule has 2 rings (SSSR count). The Kier molecular flexibility index (Phi) is 5.63. The van der Waals surface area contributed by atoms with E-state index in [4.69, 9.17) is 0 Å². The fraction of sp³-hybridized carbons (Fsp3) is 0.167. The molecule has 1 atom stereocenters. The van der Waals surface area contributed by atoms with E-state index in [0.29, 0.717) is 0 Å². The molecular weight excluding hydrogens is 290 g/mol. The zero-order valence-electron chi connectivity index (χ0n) is 13.1. The van der Waals surface area contributed by atoms with Crippen LogP contribution in [0.25, 0.3) is 0 Å². The van der Waals surface area contributed by atoms with Gasteiger partial charge in [-0.15, -0.1) is 0 Å². The van der Waals surface area contributed by atoms with Crippen molar-refractivity contribution in [1.29, 1.82) is 0 Å². The van der Waals surface area contributed by atoms with Crippen LogP contribution in [0.15, 0.2) is 59.7 Å². The molecule has 2 aromatic carbocycles. The van der Waals surface area contributed by atoms with E-state index in [2.05, 4.69) is 15.8 Å². The first-order valence-electron chi connectivity index (χ1n) is 7.32. The molecule has 5 nitrogen and oxygen atoms in total. The molecule has 0 aromatic heterocycles. The summed E-state index contributed by atoms with van der Waals surface area (Å²) in [6, 6.07) is 16.8. The second-order valence-corrected chi connectivity index (χ2v) is 5.16. The number of rotatable bonds is 4. The lowest BCUT2D eigenvalue weighted by Gasteiger charge is -2.13. The van der Waals surface area contributed by atoms with Crippen LogP contribution in [0.3, 0.4) is 0 Å². The third kappa shape index (κ3) is 4.78. The highest BCUT2D eigenvalue weighted by Gasteiger charge is 2.16. The first-order valence-corrected chi connectivity index (χ1v) is 7.32. The van der Waals surface area contributed by atoms with Crippen molar-refractivity contribution in [3.63, 3.8) is 0 Å². The van der Waals surface area contributed by atoms with E-state index in [0.717, 1.165) is 16.7 Å². The van der Waals surface area contributed by atoms with Crippen molar-refractivity contribution in [3.8, 4) is 0 Å². The first kappa shape index (κ1) is 16.4. The third-order valence-electron chi connectivity index (χ3n) is 3.41. The molecule has 0 aliphatic heterocycles. The van der Waals surface area contributed by atoms with Gasteiger partial charge >= 0.3 is 11.8 Å². The van der Waals surface area contributed by atoms with Gasteiger partial charge in [0.1, 0.15) is 0 Å². The SMILES string of the molecule is Cc1ccccc1/C=N\NC(=O)C(=O)N[C@H](C)c1ccccc1. The highest BCUT2D eigenvalue weighted by Crippen LogP contribution is 2.10. The number of carbonyl (C=O) groups excluding carboxylic acids is 2. The van der Waals surface area contributed by atoms with Crippen LogP contribution in [-0.4, -0.2) is 18.0 Å². The molecule has 2 amide bonds. The predicted octanol–water partition coefficient (Wildman–Crippen LogP) is 2.32. The minimum atomic E-state index is -0.794. The zero-order chi connectivity index (χ0) is 16.7. The van der Waals surface area contributed by atoms with Gasteiger partial charge in [0.05, 0.1) is 12.3 Å². The molecule has 0 bridgehead atoms. The number of amides is 2. The number of hydrogen-bond acceptors (Lipinski definition) is 3. The summed E-state index contributed by atoms with van der Waals surface area (Å²) >= 11 is 0. The van der Waals surface area contributed by atoms with Gasteiger partial charge in [0.2, 0.25) is 0 Å². The Balaban J connectivity index is 1.88. The number of nitrogens with zero attached hydrogens (tertiary/aromatic N) is 1. The second kappa shape index (κ2) is 7.89. The summed E-state index contributed by atoms with van der Waals surface area (Å²) in [6.45, 7) is 3.76. The second-order valence-electron chi connectivity index (χ2n) is 5.16. The van der Waals surface area contributed by atoms with Crippen LogP contribution in [-0.2, 0) is 9.59 Å². The largest absolute Gasteiger partial charge is 0.341 e. The summed E-state index contributed by atoms with van der Waals surface area (Å²) in [5.74, 6) is -1.51. The van der Waals surface area contributed by atoms with Crippen LogP contribution in [0.4, 0.5) is 0 Å². The molecule has 118 valence electrons. The summed E-state index contributed by atoms with van der Waals surface area (Å²) < 4.78 is 0. The monoisotopic (exact) mass is 309 g/mol. The molecule has 0 aliphatic rings. The molecule has 2 aromatic rings. The number of nitrogens with one attached hydrogen (secondary N) is 2. The lowest BCUT2D eigenvalue weighted by molar-refractivity contribution is -0.139. The van der Waals surface area contributed by atoms with Crippen molar-refractivity contribution in [2.45, 2.75) is 19.9 Å². The van der Waals surface area contributed by atoms with E-state index in [9.17, 15) is 9.59 Å². The minimum Gasteiger partial charge on any atom is -0.341 e. The predicted molar refractivity (Wildman–Crippen MR) is 89.9 cm³/mol. The molecular formula is C18H19N3O2. The fourth-order valence-electron chi connectivity index (χ4n) is 2.03. The molecule has 0 heterocycles. The molecule has 5 heteroatoms. The van der Waals surface area contributed by atoms with E-state index in [1.165, 1.54) is 6.21 Å². The van der Waals surface area contributed by atoms with Crippen molar-refractivity contribution >= 4 is 18.0 Å². The van der Waals surface area contributed by atoms with Crippen LogP contribution < -0.4 is 10.7 Å². The molecule has 2 N–H and O–H groups in total. The Bertz CT molecular complexity index is 711. The van der Waals surface area contributed by atoms with Crippen LogP contribution in [0.2, 0.25) is 0 Å². The third-order valence-corrected chi connectivity index (χ3v) is 3.41. The average molecular weight is 309 g/mol. The van der Waals surface area contributed by atoms with Gasteiger partial charge in [-0.1, -0.05) is 54.6 Å². The summed E-state index contributed by atoms with van der Waals surface area (Å²) in [5, 5.41) is 6.45. The van der Waals surface area contributed by atoms with Gasteiger partial charge in [0.15, 0.2) is 0 Å². The molecule has 0 spiro atoms. The quantitative estimate of drug-likeness (QED) is 0.517. The molecule has 0 fully saturated rings. The maximum Gasteiger partial charge on any atom is 0.329 e. The summed E-state index contributed by atoms with van der Waals surface area (Å²) in [5.41, 5.74) is 5.08. The van der Waals surface area contributed by atoms with Gasteiger partial charge < -0.3 is 5.32 Å². The standard InChI is InChI=1S/C18H19N3O2/c1-13-8-6-7-11-16(13)12-19-21-18(23)17(22)20-14(2)15-9-4-3-5-10-15/h3-12,14H,1-2H3,(H,20,22)(H,21,23)/b19-12-/t14-/m1/s1. The van der Waals surface area contributed by atoms with Crippen molar-refractivity contribution in [3.05, 3.63) is 71.3 Å². The maximum atomic E-state index is 11.8. The number of hydrogen-bond donors (Lipinski definition) is 2. The van der Waals surface area contributed by atoms with Crippen molar-refractivity contribution in [2.24, 2.45) is 5.10 Å². The number of hydrazone groups is 1. The van der Waals surface area contributed by atoms with E-state index in [-0.39, 0.29) is 6.04 Å². The van der Waals surface area contributed by atoms with Gasteiger partial charge in [-0.05, 0) is 30.5 Å². The van der Waals surface area contributed by atoms with Crippen LogP contribution in [0.1, 0.15) is 29.7 Å². The highest BCUT2D eigenvalue weighted by molar-refractivity contribution is 6.35. The molecule has 23 heavy (non-hydrogen) atoms. The number of carbonyl (C=O) groups is 2. The molecule has 0 saturated heterocycles. The van der Waals surface area contributed by atoms with E-state index < -0.39 is 11.8 Å². The Morgan fingerprint density at radius 2 is 1.65 bits per heavy atom. The lowest BCUT2D eigenvalue weighted by Crippen LogP contribution is -2.39. The van der Waals surface area contributed by atoms with Crippen molar-refractivity contribution < 1.29 is 9.59 Å². The van der Waals surface area contributed by atoms with Crippen LogP contribution >= 0.6 is 0 Å². The first-order chi connectivity index (χ1) is 11.1. The van der Waals surface area contributed by atoms with Crippen LogP contribution in [0, 0.1) is 6.92 Å². The molecule has 0 unspecified atom stereocenters. The van der Waals surface area contributed by atoms with Crippen LogP contribution in [0.5, 0.6) is 0 Å². The summed E-state index contributed by atoms with van der Waals surface area (Å²) in [7, 11) is 0. The maximum absolute atomic E-state index is 11.8. The normalized spacial score (nSPS) is 11.9. The Labute approximate surface area is 135 Å². The van der Waals surface area contributed by atoms with Gasteiger partial charge in [0, 0.05) is 0 Å². The average Bonchev–Trinajstić information content (AvgIpc) is 2.57. The molecule has 0 radical (unpaired) electrons. The van der Waals surface area contributed by atoms with Gasteiger partial charge in [-0.2, -0.15) is 5.10 Å². The Morgan fingerprint density at radius 1 is 1.00 bits per heavy atom. The van der Waals surface area contributed by atoms with Gasteiger partial charge in [-0.25, -0.2) is 5.43 Å². The van der Waals surface area contributed by atoms with Gasteiger partial charge in [0.25, 0.3) is 0 Å². The molecule has 0 aliphatic carbocycles. The number of benzene rings is 2. The minimum absolute atomic E-state index is 0.255. The highest BCUT2D eigenvalue weighted by atomic mass is 16.2. The van der Waals surface area contributed by atoms with E-state index in [1.54, 1.807) is 0 Å². The van der Waals surface area contributed by atoms with Gasteiger partial charge in [-0.3, -0.25) is 9.59 Å². The summed E-state index contributed by atoms with van der Waals surface area (Å²) in [4.78, 5) is 23.6. The Morgan fingerprint density at radius 3 is 2.35 bits per heavy atom.